The number of hydrogen-bond donors (Lipinski definition) is 0. The molecular weight excluding hydrogens is 314 g/mol. The van der Waals surface area contributed by atoms with Crippen LogP contribution in [0.5, 0.6) is 0 Å². The van der Waals surface area contributed by atoms with E-state index in [-0.39, 0.29) is 18.7 Å². The minimum atomic E-state index is -0.330. The van der Waals surface area contributed by atoms with E-state index in [0.717, 1.165) is 30.8 Å². The second-order valence-electron chi connectivity index (χ2n) is 5.76. The molecule has 2 rings (SSSR count). The largest absolute Gasteiger partial charge is 0.463 e. The van der Waals surface area contributed by atoms with Crippen LogP contribution < -0.4 is 0 Å². The second-order valence-corrected chi connectivity index (χ2v) is 5.76. The van der Waals surface area contributed by atoms with Gasteiger partial charge in [0.25, 0.3) is 0 Å². The highest BCUT2D eigenvalue weighted by Crippen LogP contribution is 2.25. The lowest BCUT2D eigenvalue weighted by Crippen LogP contribution is -2.28. The molecule has 0 aliphatic heterocycles. The quantitative estimate of drug-likeness (QED) is 0.618. The van der Waals surface area contributed by atoms with Crippen LogP contribution in [0.2, 0.25) is 0 Å². The summed E-state index contributed by atoms with van der Waals surface area (Å²) in [6, 6.07) is 19.8. The smallest absolute Gasteiger partial charge is 0.332 e. The average molecular weight is 341 g/mol. The van der Waals surface area contributed by atoms with Crippen LogP contribution in [0.1, 0.15) is 31.1 Å². The van der Waals surface area contributed by atoms with Gasteiger partial charge in [0.15, 0.2) is 0 Å². The molecule has 0 saturated heterocycles. The van der Waals surface area contributed by atoms with Gasteiger partial charge in [-0.2, -0.15) is 0 Å². The number of likely N-dealkylation sites (N-methyl/N-ethyl adjacent to an activating group) is 1. The Morgan fingerprint density at radius 3 is 1.92 bits per heavy atom. The third kappa shape index (κ3) is 6.33. The Morgan fingerprint density at radius 2 is 1.44 bits per heavy atom. The molecule has 4 heteroatoms. The Labute approximate surface area is 150 Å². The van der Waals surface area contributed by atoms with Crippen LogP contribution in [0.15, 0.2) is 60.7 Å². The molecule has 0 spiro atoms. The van der Waals surface area contributed by atoms with Crippen molar-refractivity contribution in [2.24, 2.45) is 0 Å². The van der Waals surface area contributed by atoms with E-state index in [2.05, 4.69) is 18.7 Å². The first kappa shape index (κ1) is 19.2. The molecule has 0 aromatic heterocycles. The van der Waals surface area contributed by atoms with Gasteiger partial charge < -0.3 is 14.4 Å². The van der Waals surface area contributed by atoms with Crippen LogP contribution in [-0.2, 0) is 14.3 Å². The summed E-state index contributed by atoms with van der Waals surface area (Å²) in [5.74, 6) is -0.330. The maximum Gasteiger partial charge on any atom is 0.332 e. The highest BCUT2D eigenvalue weighted by Gasteiger charge is 2.16. The van der Waals surface area contributed by atoms with Gasteiger partial charge in [0, 0.05) is 6.54 Å². The molecule has 0 radical (unpaired) electrons. The summed E-state index contributed by atoms with van der Waals surface area (Å²) in [4.78, 5) is 14.2. The molecule has 4 nitrogen and oxygen atoms in total. The molecule has 0 aliphatic carbocycles. The first-order chi connectivity index (χ1) is 12.2. The Hall–Kier alpha value is -2.17. The summed E-state index contributed by atoms with van der Waals surface area (Å²) < 4.78 is 11.2. The fraction of sp³-hybridized carbons (Fsp3) is 0.381. The predicted molar refractivity (Wildman–Crippen MR) is 99.4 cm³/mol. The number of carbonyl (C=O) groups excluding carboxylic acids is 1. The number of esters is 1. The zero-order valence-electron chi connectivity index (χ0n) is 15.1. The van der Waals surface area contributed by atoms with Gasteiger partial charge in [0.05, 0.1) is 0 Å². The average Bonchev–Trinajstić information content (AvgIpc) is 2.67. The first-order valence-electron chi connectivity index (χ1n) is 8.84. The number of nitrogens with zero attached hydrogens (tertiary/aromatic N) is 1. The van der Waals surface area contributed by atoms with Crippen molar-refractivity contribution in [3.8, 4) is 0 Å². The van der Waals surface area contributed by atoms with Crippen molar-refractivity contribution in [3.63, 3.8) is 0 Å². The van der Waals surface area contributed by atoms with Crippen molar-refractivity contribution >= 4 is 5.97 Å². The van der Waals surface area contributed by atoms with E-state index in [4.69, 9.17) is 9.47 Å². The highest BCUT2D eigenvalue weighted by atomic mass is 16.6. The monoisotopic (exact) mass is 341 g/mol. The van der Waals surface area contributed by atoms with E-state index in [1.54, 1.807) is 0 Å². The van der Waals surface area contributed by atoms with Crippen LogP contribution in [0.25, 0.3) is 0 Å². The SMILES string of the molecule is CCN(CC)CCOC(=O)COC(c1ccccc1)c1ccccc1. The zero-order valence-corrected chi connectivity index (χ0v) is 15.1. The topological polar surface area (TPSA) is 38.8 Å². The molecule has 2 aromatic carbocycles. The van der Waals surface area contributed by atoms with Crippen LogP contribution in [0.3, 0.4) is 0 Å². The lowest BCUT2D eigenvalue weighted by atomic mass is 10.0. The maximum atomic E-state index is 12.0. The van der Waals surface area contributed by atoms with E-state index in [9.17, 15) is 4.79 Å². The molecule has 0 bridgehead atoms. The summed E-state index contributed by atoms with van der Waals surface area (Å²) >= 11 is 0. The van der Waals surface area contributed by atoms with Crippen molar-refractivity contribution in [2.45, 2.75) is 20.0 Å². The molecule has 0 atom stereocenters. The van der Waals surface area contributed by atoms with Gasteiger partial charge in [-0.25, -0.2) is 4.79 Å². The molecule has 0 fully saturated rings. The van der Waals surface area contributed by atoms with Gasteiger partial charge in [-0.1, -0.05) is 74.5 Å². The van der Waals surface area contributed by atoms with E-state index < -0.39 is 0 Å². The van der Waals surface area contributed by atoms with Crippen molar-refractivity contribution in [1.82, 2.24) is 4.90 Å². The summed E-state index contributed by atoms with van der Waals surface area (Å²) in [7, 11) is 0. The summed E-state index contributed by atoms with van der Waals surface area (Å²) in [5, 5.41) is 0. The van der Waals surface area contributed by atoms with Crippen molar-refractivity contribution < 1.29 is 14.3 Å². The van der Waals surface area contributed by atoms with Gasteiger partial charge >= 0.3 is 5.97 Å². The molecule has 134 valence electrons. The lowest BCUT2D eigenvalue weighted by molar-refractivity contribution is -0.150. The van der Waals surface area contributed by atoms with E-state index in [0.29, 0.717) is 6.61 Å². The minimum absolute atomic E-state index is 0.0628. The summed E-state index contributed by atoms with van der Waals surface area (Å²) in [6.45, 7) is 7.18. The summed E-state index contributed by atoms with van der Waals surface area (Å²) in [6.07, 6.45) is -0.280. The Balaban J connectivity index is 1.91. The number of ether oxygens (including phenoxy) is 2. The van der Waals surface area contributed by atoms with Crippen molar-refractivity contribution in [1.29, 1.82) is 0 Å². The summed E-state index contributed by atoms with van der Waals surface area (Å²) in [5.41, 5.74) is 2.04. The molecule has 0 unspecified atom stereocenters. The van der Waals surface area contributed by atoms with Gasteiger partial charge in [0.2, 0.25) is 0 Å². The molecule has 25 heavy (non-hydrogen) atoms. The number of hydrogen-bond acceptors (Lipinski definition) is 4. The minimum Gasteiger partial charge on any atom is -0.463 e. The van der Waals surface area contributed by atoms with Crippen LogP contribution in [-0.4, -0.2) is 43.7 Å². The van der Waals surface area contributed by atoms with E-state index in [1.807, 2.05) is 60.7 Å². The van der Waals surface area contributed by atoms with Gasteiger partial charge in [-0.15, -0.1) is 0 Å². The highest BCUT2D eigenvalue weighted by molar-refractivity contribution is 5.70. The van der Waals surface area contributed by atoms with Gasteiger partial charge in [0.1, 0.15) is 19.3 Å². The normalized spacial score (nSPS) is 11.0. The van der Waals surface area contributed by atoms with Crippen molar-refractivity contribution in [2.75, 3.05) is 32.8 Å². The Kier molecular flexibility index (Phi) is 8.16. The van der Waals surface area contributed by atoms with Crippen LogP contribution in [0.4, 0.5) is 0 Å². The third-order valence-electron chi connectivity index (χ3n) is 4.14. The Bertz CT molecular complexity index is 572. The molecule has 0 amide bonds. The Morgan fingerprint density at radius 1 is 0.920 bits per heavy atom. The lowest BCUT2D eigenvalue weighted by Gasteiger charge is -2.19. The molecular formula is C21H27NO3. The second kappa shape index (κ2) is 10.6. The van der Waals surface area contributed by atoms with Crippen LogP contribution in [0, 0.1) is 0 Å². The zero-order chi connectivity index (χ0) is 17.9. The maximum absolute atomic E-state index is 12.0. The number of benzene rings is 2. The molecule has 0 saturated carbocycles. The fourth-order valence-electron chi connectivity index (χ4n) is 2.66. The van der Waals surface area contributed by atoms with Crippen molar-refractivity contribution in [3.05, 3.63) is 71.8 Å². The van der Waals surface area contributed by atoms with Gasteiger partial charge in [-0.3, -0.25) is 0 Å². The fourth-order valence-corrected chi connectivity index (χ4v) is 2.66. The van der Waals surface area contributed by atoms with E-state index in [1.165, 1.54) is 0 Å². The van der Waals surface area contributed by atoms with E-state index >= 15 is 0 Å². The molecule has 2 aromatic rings. The standard InChI is InChI=1S/C21H27NO3/c1-3-22(4-2)15-16-24-20(23)17-25-21(18-11-7-5-8-12-18)19-13-9-6-10-14-19/h5-14,21H,3-4,15-17H2,1-2H3. The number of carbonyl (C=O) groups is 1. The van der Waals surface area contributed by atoms with Crippen LogP contribution >= 0.6 is 0 Å². The third-order valence-corrected chi connectivity index (χ3v) is 4.14. The number of rotatable bonds is 10. The predicted octanol–water partition coefficient (Wildman–Crippen LogP) is 3.68. The molecule has 0 heterocycles. The first-order valence-corrected chi connectivity index (χ1v) is 8.84. The van der Waals surface area contributed by atoms with Gasteiger partial charge in [-0.05, 0) is 24.2 Å². The molecule has 0 aliphatic rings. The molecule has 0 N–H and O–H groups in total.